The molecule has 0 aliphatic carbocycles. The second-order valence-corrected chi connectivity index (χ2v) is 3.94. The lowest BCUT2D eigenvalue weighted by molar-refractivity contribution is -0.153. The fourth-order valence-electron chi connectivity index (χ4n) is 1.31. The zero-order valence-electron chi connectivity index (χ0n) is 10.3. The summed E-state index contributed by atoms with van der Waals surface area (Å²) in [6.45, 7) is 0. The Morgan fingerprint density at radius 2 is 1.63 bits per heavy atom. The van der Waals surface area contributed by atoms with Crippen molar-refractivity contribution in [1.29, 1.82) is 0 Å². The minimum atomic E-state index is -1.49. The molecule has 0 aliphatic heterocycles. The van der Waals surface area contributed by atoms with Crippen LogP contribution in [0.1, 0.15) is 19.3 Å². The molecule has 0 heterocycles. The lowest BCUT2D eigenvalue weighted by Gasteiger charge is -2.23. The highest BCUT2D eigenvalue weighted by Crippen LogP contribution is 2.07. The number of carboxylic acids is 3. The van der Waals surface area contributed by atoms with Crippen LogP contribution in [0.25, 0.3) is 0 Å². The average Bonchev–Trinajstić information content (AvgIpc) is 2.30. The van der Waals surface area contributed by atoms with E-state index in [1.165, 1.54) is 0 Å². The summed E-state index contributed by atoms with van der Waals surface area (Å²) in [7, 11) is 1.15. The van der Waals surface area contributed by atoms with E-state index in [1.807, 2.05) is 0 Å². The van der Waals surface area contributed by atoms with Crippen LogP contribution in [0.2, 0.25) is 0 Å². The summed E-state index contributed by atoms with van der Waals surface area (Å²) >= 11 is 0. The van der Waals surface area contributed by atoms with E-state index in [9.17, 15) is 19.2 Å². The summed E-state index contributed by atoms with van der Waals surface area (Å²) in [4.78, 5) is 44.2. The second kappa shape index (κ2) is 7.31. The van der Waals surface area contributed by atoms with Gasteiger partial charge in [0.1, 0.15) is 12.1 Å². The summed E-state index contributed by atoms with van der Waals surface area (Å²) in [5.41, 5.74) is 5.20. The molecule has 0 rings (SSSR count). The van der Waals surface area contributed by atoms with Crippen molar-refractivity contribution in [2.45, 2.75) is 31.3 Å². The van der Waals surface area contributed by atoms with Crippen molar-refractivity contribution in [3.8, 4) is 0 Å². The molecule has 9 heteroatoms. The van der Waals surface area contributed by atoms with E-state index < -0.39 is 42.3 Å². The van der Waals surface area contributed by atoms with Gasteiger partial charge in [0, 0.05) is 13.5 Å². The van der Waals surface area contributed by atoms with Crippen molar-refractivity contribution in [2.75, 3.05) is 7.05 Å². The molecule has 0 unspecified atom stereocenters. The molecule has 0 spiro atoms. The number of rotatable bonds is 8. The van der Waals surface area contributed by atoms with Gasteiger partial charge in [-0.2, -0.15) is 0 Å². The van der Waals surface area contributed by atoms with Crippen molar-refractivity contribution in [2.24, 2.45) is 5.73 Å². The van der Waals surface area contributed by atoms with Crippen LogP contribution in [0, 0.1) is 0 Å². The van der Waals surface area contributed by atoms with Gasteiger partial charge >= 0.3 is 17.9 Å². The molecule has 0 fully saturated rings. The van der Waals surface area contributed by atoms with Gasteiger partial charge in [-0.15, -0.1) is 0 Å². The number of nitrogens with two attached hydrogens (primary N) is 1. The fourth-order valence-corrected chi connectivity index (χ4v) is 1.31. The van der Waals surface area contributed by atoms with E-state index in [2.05, 4.69) is 0 Å². The Hall–Kier alpha value is -2.16. The molecule has 2 atom stereocenters. The summed E-state index contributed by atoms with van der Waals surface area (Å²) in [5.74, 6) is -4.74. The third kappa shape index (κ3) is 5.82. The molecule has 1 amide bonds. The highest BCUT2D eigenvalue weighted by atomic mass is 16.4. The van der Waals surface area contributed by atoms with Gasteiger partial charge in [0.25, 0.3) is 0 Å². The molecule has 19 heavy (non-hydrogen) atoms. The average molecular weight is 276 g/mol. The van der Waals surface area contributed by atoms with Crippen molar-refractivity contribution in [3.63, 3.8) is 0 Å². The van der Waals surface area contributed by atoms with Gasteiger partial charge in [0.2, 0.25) is 5.91 Å². The largest absolute Gasteiger partial charge is 0.481 e. The Labute approximate surface area is 108 Å². The van der Waals surface area contributed by atoms with E-state index >= 15 is 0 Å². The van der Waals surface area contributed by atoms with E-state index in [0.717, 1.165) is 11.9 Å². The van der Waals surface area contributed by atoms with Crippen LogP contribution >= 0.6 is 0 Å². The molecule has 5 N–H and O–H groups in total. The number of hydrogen-bond acceptors (Lipinski definition) is 5. The maximum atomic E-state index is 11.6. The highest BCUT2D eigenvalue weighted by Gasteiger charge is 2.29. The Bertz CT molecular complexity index is 382. The summed E-state index contributed by atoms with van der Waals surface area (Å²) in [6.07, 6.45) is -1.16. The number of aliphatic carboxylic acids is 3. The number of nitrogens with zero attached hydrogens (tertiary/aromatic N) is 1. The van der Waals surface area contributed by atoms with Crippen LogP contribution in [0.3, 0.4) is 0 Å². The quantitative estimate of drug-likeness (QED) is 0.419. The molecule has 0 aromatic rings. The first-order valence-corrected chi connectivity index (χ1v) is 5.35. The minimum absolute atomic E-state index is 0.155. The Balaban J connectivity index is 4.55. The summed E-state index contributed by atoms with van der Waals surface area (Å²) in [5, 5.41) is 25.9. The molecule has 108 valence electrons. The lowest BCUT2D eigenvalue weighted by Crippen LogP contribution is -2.44. The topological polar surface area (TPSA) is 158 Å². The van der Waals surface area contributed by atoms with Gasteiger partial charge in [-0.3, -0.25) is 14.4 Å². The van der Waals surface area contributed by atoms with Crippen LogP contribution in [0.5, 0.6) is 0 Å². The fraction of sp³-hybridized carbons (Fsp3) is 0.600. The molecule has 0 aromatic carbocycles. The van der Waals surface area contributed by atoms with Gasteiger partial charge in [-0.25, -0.2) is 4.79 Å². The van der Waals surface area contributed by atoms with Gasteiger partial charge < -0.3 is 26.0 Å². The van der Waals surface area contributed by atoms with Crippen molar-refractivity contribution < 1.29 is 34.5 Å². The minimum Gasteiger partial charge on any atom is -0.481 e. The molecule has 0 saturated heterocycles. The molecule has 9 nitrogen and oxygen atoms in total. The molecule has 0 saturated carbocycles. The number of amides is 1. The Morgan fingerprint density at radius 3 is 2.00 bits per heavy atom. The standard InChI is InChI=1S/C10H16N2O7/c1-12(6(10(18)19)4-8(14)15)7(13)3-2-5(11)9(16)17/h5-6H,2-4,11H2,1H3,(H,14,15)(H,16,17)(H,18,19)/t5-,6-/m0/s1. The van der Waals surface area contributed by atoms with E-state index in [-0.39, 0.29) is 12.8 Å². The lowest BCUT2D eigenvalue weighted by atomic mass is 10.1. The van der Waals surface area contributed by atoms with Crippen LogP contribution in [-0.2, 0) is 19.2 Å². The Morgan fingerprint density at radius 1 is 1.11 bits per heavy atom. The third-order valence-corrected chi connectivity index (χ3v) is 2.50. The van der Waals surface area contributed by atoms with Gasteiger partial charge in [-0.1, -0.05) is 0 Å². The number of carboxylic acid groups (broad SMARTS) is 3. The number of carbonyl (C=O) groups excluding carboxylic acids is 1. The second-order valence-electron chi connectivity index (χ2n) is 3.94. The highest BCUT2D eigenvalue weighted by molar-refractivity contribution is 5.87. The van der Waals surface area contributed by atoms with Crippen LogP contribution in [0.15, 0.2) is 0 Å². The van der Waals surface area contributed by atoms with Crippen LogP contribution in [0.4, 0.5) is 0 Å². The zero-order chi connectivity index (χ0) is 15.2. The Kier molecular flexibility index (Phi) is 6.48. The van der Waals surface area contributed by atoms with Gasteiger partial charge in [0.05, 0.1) is 6.42 Å². The van der Waals surface area contributed by atoms with Crippen LogP contribution in [-0.4, -0.2) is 63.2 Å². The maximum absolute atomic E-state index is 11.6. The SMILES string of the molecule is CN(C(=O)CC[C@H](N)C(=O)O)[C@@H](CC(=O)O)C(=O)O. The molecule has 0 radical (unpaired) electrons. The molecule has 0 bridgehead atoms. The third-order valence-electron chi connectivity index (χ3n) is 2.50. The molecular weight excluding hydrogens is 260 g/mol. The number of carbonyl (C=O) groups is 4. The van der Waals surface area contributed by atoms with Crippen molar-refractivity contribution >= 4 is 23.8 Å². The van der Waals surface area contributed by atoms with Crippen molar-refractivity contribution in [3.05, 3.63) is 0 Å². The van der Waals surface area contributed by atoms with Crippen LogP contribution < -0.4 is 5.73 Å². The maximum Gasteiger partial charge on any atom is 0.327 e. The van der Waals surface area contributed by atoms with Crippen molar-refractivity contribution in [1.82, 2.24) is 4.90 Å². The first kappa shape index (κ1) is 16.8. The van der Waals surface area contributed by atoms with E-state index in [1.54, 1.807) is 0 Å². The molecule has 0 aliphatic rings. The molecular formula is C10H16N2O7. The van der Waals surface area contributed by atoms with E-state index in [4.69, 9.17) is 21.1 Å². The monoisotopic (exact) mass is 276 g/mol. The predicted octanol–water partition coefficient (Wildman–Crippen LogP) is -1.44. The van der Waals surface area contributed by atoms with E-state index in [0.29, 0.717) is 0 Å². The summed E-state index contributed by atoms with van der Waals surface area (Å²) in [6, 6.07) is -2.72. The number of hydrogen-bond donors (Lipinski definition) is 4. The zero-order valence-corrected chi connectivity index (χ0v) is 10.3. The smallest absolute Gasteiger partial charge is 0.327 e. The number of likely N-dealkylation sites (N-methyl/N-ethyl adjacent to an activating group) is 1. The summed E-state index contributed by atoms with van der Waals surface area (Å²) < 4.78 is 0. The predicted molar refractivity (Wildman–Crippen MR) is 61.3 cm³/mol. The molecule has 0 aromatic heterocycles. The first-order chi connectivity index (χ1) is 8.66. The normalized spacial score (nSPS) is 13.4. The van der Waals surface area contributed by atoms with Gasteiger partial charge in [-0.05, 0) is 6.42 Å². The van der Waals surface area contributed by atoms with Gasteiger partial charge in [0.15, 0.2) is 0 Å². The first-order valence-electron chi connectivity index (χ1n) is 5.35.